The highest BCUT2D eigenvalue weighted by Crippen LogP contribution is 2.37. The van der Waals surface area contributed by atoms with Crippen molar-refractivity contribution in [2.24, 2.45) is 7.05 Å². The Hall–Kier alpha value is -4.91. The zero-order valence-electron chi connectivity index (χ0n) is 21.1. The smallest absolute Gasteiger partial charge is 0.257 e. The van der Waals surface area contributed by atoms with Crippen LogP contribution in [-0.4, -0.2) is 49.0 Å². The number of amides is 1. The first-order valence-electron chi connectivity index (χ1n) is 12.1. The number of fused-ring (bicyclic) bond motifs is 4. The van der Waals surface area contributed by atoms with Crippen molar-refractivity contribution in [3.05, 3.63) is 77.0 Å². The molecule has 38 heavy (non-hydrogen) atoms. The van der Waals surface area contributed by atoms with Crippen LogP contribution < -0.4 is 10.5 Å². The van der Waals surface area contributed by atoms with Crippen molar-refractivity contribution in [3.63, 3.8) is 0 Å². The second-order valence-corrected chi connectivity index (χ2v) is 9.21. The Morgan fingerprint density at radius 3 is 2.79 bits per heavy atom. The van der Waals surface area contributed by atoms with E-state index in [1.165, 1.54) is 17.0 Å². The maximum absolute atomic E-state index is 15.2. The van der Waals surface area contributed by atoms with Crippen LogP contribution in [0, 0.1) is 17.7 Å². The molecule has 1 unspecified atom stereocenters. The van der Waals surface area contributed by atoms with Crippen LogP contribution in [0.5, 0.6) is 5.75 Å². The topological polar surface area (TPSA) is 104 Å². The van der Waals surface area contributed by atoms with E-state index >= 15 is 4.39 Å². The SMILES string of the molecule is CCn1cc(C#Cc2ccc3c(c2)OCC3N(C)C(=O)c2cc3c(cc2F)nc(N)c2cnn(C)c23)cn1. The Morgan fingerprint density at radius 2 is 2.00 bits per heavy atom. The number of likely N-dealkylation sites (N-methyl/N-ethyl adjacent to an activating group) is 1. The van der Waals surface area contributed by atoms with Crippen molar-refractivity contribution < 1.29 is 13.9 Å². The number of aromatic nitrogens is 5. The predicted molar refractivity (Wildman–Crippen MR) is 141 cm³/mol. The molecule has 0 saturated carbocycles. The number of carbonyl (C=O) groups is 1. The number of halogens is 1. The van der Waals surface area contributed by atoms with Crippen molar-refractivity contribution >= 4 is 33.5 Å². The number of nitrogen functional groups attached to an aromatic ring is 1. The van der Waals surface area contributed by atoms with E-state index in [4.69, 9.17) is 10.5 Å². The Labute approximate surface area is 217 Å². The molecule has 1 amide bonds. The molecule has 0 spiro atoms. The molecule has 0 aliphatic carbocycles. The molecule has 9 nitrogen and oxygen atoms in total. The fourth-order valence-corrected chi connectivity index (χ4v) is 4.81. The van der Waals surface area contributed by atoms with Crippen LogP contribution in [0.1, 0.15) is 40.0 Å². The first-order chi connectivity index (χ1) is 18.3. The minimum Gasteiger partial charge on any atom is -0.491 e. The number of hydrogen-bond acceptors (Lipinski definition) is 6. The molecule has 0 saturated heterocycles. The lowest BCUT2D eigenvalue weighted by molar-refractivity contribution is 0.0704. The van der Waals surface area contributed by atoms with E-state index in [0.29, 0.717) is 27.6 Å². The van der Waals surface area contributed by atoms with Crippen molar-refractivity contribution in [2.45, 2.75) is 19.5 Å². The molecule has 0 bridgehead atoms. The van der Waals surface area contributed by atoms with E-state index in [2.05, 4.69) is 27.0 Å². The zero-order chi connectivity index (χ0) is 26.6. The summed E-state index contributed by atoms with van der Waals surface area (Å²) < 4.78 is 24.5. The molecule has 3 aromatic heterocycles. The summed E-state index contributed by atoms with van der Waals surface area (Å²) in [5.74, 6) is 6.02. The van der Waals surface area contributed by atoms with Gasteiger partial charge in [0, 0.05) is 49.4 Å². The maximum atomic E-state index is 15.2. The van der Waals surface area contributed by atoms with Crippen molar-refractivity contribution in [1.82, 2.24) is 29.4 Å². The molecule has 10 heteroatoms. The second kappa shape index (κ2) is 8.88. The fraction of sp³-hybridized carbons (Fsp3) is 0.214. The molecule has 2 aromatic carbocycles. The molecule has 190 valence electrons. The number of ether oxygens (including phenoxy) is 1. The van der Waals surface area contributed by atoms with Crippen LogP contribution in [0.4, 0.5) is 10.2 Å². The molecule has 4 heterocycles. The number of rotatable bonds is 3. The lowest BCUT2D eigenvalue weighted by atomic mass is 10.0. The summed E-state index contributed by atoms with van der Waals surface area (Å²) in [5, 5.41) is 9.73. The number of pyridine rings is 1. The van der Waals surface area contributed by atoms with Gasteiger partial charge in [-0.25, -0.2) is 9.37 Å². The molecule has 1 atom stereocenters. The maximum Gasteiger partial charge on any atom is 0.257 e. The Morgan fingerprint density at radius 1 is 1.18 bits per heavy atom. The van der Waals surface area contributed by atoms with Crippen LogP contribution >= 0.6 is 0 Å². The van der Waals surface area contributed by atoms with Gasteiger partial charge in [0.1, 0.15) is 24.0 Å². The zero-order valence-corrected chi connectivity index (χ0v) is 21.1. The van der Waals surface area contributed by atoms with Gasteiger partial charge in [-0.3, -0.25) is 14.2 Å². The van der Waals surface area contributed by atoms with Crippen LogP contribution in [0.2, 0.25) is 0 Å². The minimum absolute atomic E-state index is 0.0577. The van der Waals surface area contributed by atoms with E-state index in [0.717, 1.165) is 23.2 Å². The monoisotopic (exact) mass is 509 g/mol. The highest BCUT2D eigenvalue weighted by atomic mass is 19.1. The van der Waals surface area contributed by atoms with Gasteiger partial charge in [0.25, 0.3) is 5.91 Å². The summed E-state index contributed by atoms with van der Waals surface area (Å²) in [7, 11) is 3.41. The fourth-order valence-electron chi connectivity index (χ4n) is 4.81. The largest absolute Gasteiger partial charge is 0.491 e. The van der Waals surface area contributed by atoms with Crippen LogP contribution in [0.15, 0.2) is 48.9 Å². The lowest BCUT2D eigenvalue weighted by Gasteiger charge is -2.24. The summed E-state index contributed by atoms with van der Waals surface area (Å²) in [5.41, 5.74) is 9.49. The summed E-state index contributed by atoms with van der Waals surface area (Å²) in [6.07, 6.45) is 5.23. The number of benzene rings is 2. The van der Waals surface area contributed by atoms with E-state index in [1.807, 2.05) is 36.0 Å². The van der Waals surface area contributed by atoms with E-state index in [-0.39, 0.29) is 24.0 Å². The number of nitrogens with zero attached hydrogens (tertiary/aromatic N) is 6. The molecule has 0 radical (unpaired) electrons. The molecular weight excluding hydrogens is 485 g/mol. The van der Waals surface area contributed by atoms with Gasteiger partial charge in [0.2, 0.25) is 0 Å². The molecule has 6 rings (SSSR count). The van der Waals surface area contributed by atoms with Gasteiger partial charge in [0.15, 0.2) is 0 Å². The van der Waals surface area contributed by atoms with Gasteiger partial charge in [-0.15, -0.1) is 0 Å². The number of aryl methyl sites for hydroxylation is 2. The first-order valence-corrected chi connectivity index (χ1v) is 12.1. The summed E-state index contributed by atoms with van der Waals surface area (Å²) in [6, 6.07) is 8.04. The molecule has 5 aromatic rings. The van der Waals surface area contributed by atoms with Gasteiger partial charge >= 0.3 is 0 Å². The first kappa shape index (κ1) is 23.5. The third-order valence-electron chi connectivity index (χ3n) is 6.89. The number of anilines is 1. The van der Waals surface area contributed by atoms with Gasteiger partial charge in [-0.1, -0.05) is 17.9 Å². The van der Waals surface area contributed by atoms with Crippen molar-refractivity contribution in [3.8, 4) is 17.6 Å². The van der Waals surface area contributed by atoms with E-state index < -0.39 is 11.7 Å². The van der Waals surface area contributed by atoms with Gasteiger partial charge in [-0.2, -0.15) is 10.2 Å². The van der Waals surface area contributed by atoms with Gasteiger partial charge in [-0.05, 0) is 25.1 Å². The highest BCUT2D eigenvalue weighted by molar-refractivity contribution is 6.10. The Bertz CT molecular complexity index is 1810. The third-order valence-corrected chi connectivity index (χ3v) is 6.89. The molecule has 1 aliphatic rings. The predicted octanol–water partition coefficient (Wildman–Crippen LogP) is 3.66. The standard InChI is InChI=1S/C28H24FN7O2/c1-4-36-14-17(12-32-36)6-5-16-7-8-18-24(15-38-25(18)9-16)34(2)28(37)19-10-20-23(11-22(19)29)33-27(30)21-13-31-35(3)26(20)21/h7-14,24H,4,15H2,1-3H3,(H2,30,33). The van der Waals surface area contributed by atoms with Gasteiger partial charge in [0.05, 0.1) is 46.0 Å². The average molecular weight is 510 g/mol. The number of hydrogen-bond donors (Lipinski definition) is 1. The minimum atomic E-state index is -0.668. The third kappa shape index (κ3) is 3.80. The molecular formula is C28H24FN7O2. The quantitative estimate of drug-likeness (QED) is 0.372. The molecule has 2 N–H and O–H groups in total. The molecule has 1 aliphatic heterocycles. The number of nitrogens with two attached hydrogens (primary N) is 1. The number of carbonyl (C=O) groups excluding carboxylic acids is 1. The Kier molecular flexibility index (Phi) is 5.49. The summed E-state index contributed by atoms with van der Waals surface area (Å²) in [6.45, 7) is 3.06. The van der Waals surface area contributed by atoms with Crippen molar-refractivity contribution in [2.75, 3.05) is 19.4 Å². The van der Waals surface area contributed by atoms with E-state index in [1.54, 1.807) is 31.2 Å². The van der Waals surface area contributed by atoms with Crippen molar-refractivity contribution in [1.29, 1.82) is 0 Å². The average Bonchev–Trinajstić information content (AvgIpc) is 3.65. The van der Waals surface area contributed by atoms with Crippen LogP contribution in [-0.2, 0) is 13.6 Å². The summed E-state index contributed by atoms with van der Waals surface area (Å²) >= 11 is 0. The van der Waals surface area contributed by atoms with Crippen LogP contribution in [0.25, 0.3) is 21.8 Å². The van der Waals surface area contributed by atoms with Crippen LogP contribution in [0.3, 0.4) is 0 Å². The van der Waals surface area contributed by atoms with E-state index in [9.17, 15) is 4.79 Å². The highest BCUT2D eigenvalue weighted by Gasteiger charge is 2.32. The van der Waals surface area contributed by atoms with Gasteiger partial charge < -0.3 is 15.4 Å². The normalized spacial score (nSPS) is 14.3. The Balaban J connectivity index is 1.30. The molecule has 0 fully saturated rings. The summed E-state index contributed by atoms with van der Waals surface area (Å²) in [4.78, 5) is 19.3. The lowest BCUT2D eigenvalue weighted by Crippen LogP contribution is -2.32. The second-order valence-electron chi connectivity index (χ2n) is 9.21.